The molecule has 0 saturated heterocycles. The first-order valence-corrected chi connectivity index (χ1v) is 19.7. The Bertz CT molecular complexity index is 1710. The molecule has 0 spiro atoms. The molecule has 13 heteroatoms. The first-order valence-electron chi connectivity index (χ1n) is 13.9. The maximum atomic E-state index is 12.9. The molecule has 4 rings (SSSR count). The Kier molecular flexibility index (Phi) is 12.1. The lowest BCUT2D eigenvalue weighted by Gasteiger charge is -2.36. The molecule has 2 aromatic heterocycles. The van der Waals surface area contributed by atoms with Crippen LogP contribution in [-0.4, -0.2) is 79.6 Å². The van der Waals surface area contributed by atoms with E-state index in [0.717, 1.165) is 30.8 Å². The van der Waals surface area contributed by atoms with E-state index in [9.17, 15) is 16.8 Å². The number of hydrogen-bond donors (Lipinski definition) is 0. The van der Waals surface area contributed by atoms with Crippen molar-refractivity contribution in [2.45, 2.75) is 59.2 Å². The Hall–Kier alpha value is -3.10. The van der Waals surface area contributed by atoms with Crippen LogP contribution < -0.4 is 5.45 Å². The summed E-state index contributed by atoms with van der Waals surface area (Å²) in [5.74, 6) is 0. The predicted octanol–water partition coefficient (Wildman–Crippen LogP) is 4.61. The van der Waals surface area contributed by atoms with Gasteiger partial charge in [0.25, 0.3) is 0 Å². The number of aromatic nitrogens is 4. The standard InChI is InChI=1S/C18H29N3O2SSi.C12H15N3O2S.CH4/c1-18(2,3)25(6,7)17-19-16(13-15-11-9-8-10-12-15)14-21(17)24(22,23)20(4)5;1-14(2)18(16,17)15-9-12(13-10-15)8-11-6-4-3-5-7-11;/h8-12,14H,13H2,1-7H3;3-7,9-10H,8H2,1-2H3;1H4. The topological polar surface area (TPSA) is 110 Å². The van der Waals surface area contributed by atoms with Gasteiger partial charge in [-0.15, -0.1) is 0 Å². The zero-order valence-electron chi connectivity index (χ0n) is 26.6. The van der Waals surface area contributed by atoms with E-state index in [1.165, 1.54) is 28.7 Å². The molecule has 2 heterocycles. The molecule has 0 radical (unpaired) electrons. The van der Waals surface area contributed by atoms with E-state index in [1.807, 2.05) is 60.7 Å². The van der Waals surface area contributed by atoms with Crippen molar-refractivity contribution in [3.8, 4) is 0 Å². The van der Waals surface area contributed by atoms with Gasteiger partial charge in [-0.25, -0.2) is 17.9 Å². The smallest absolute Gasteiger partial charge is 0.242 e. The van der Waals surface area contributed by atoms with Crippen molar-refractivity contribution in [1.29, 1.82) is 0 Å². The second-order valence-corrected chi connectivity index (χ2v) is 21.6. The third-order valence-electron chi connectivity index (χ3n) is 7.67. The summed E-state index contributed by atoms with van der Waals surface area (Å²) < 4.78 is 54.4. The van der Waals surface area contributed by atoms with Crippen LogP contribution in [0.25, 0.3) is 0 Å². The summed E-state index contributed by atoms with van der Waals surface area (Å²) in [6.07, 6.45) is 5.81. The number of nitrogens with zero attached hydrogens (tertiary/aromatic N) is 6. The molecule has 0 bridgehead atoms. The molecule has 0 fully saturated rings. The zero-order valence-corrected chi connectivity index (χ0v) is 29.2. The maximum absolute atomic E-state index is 12.9. The van der Waals surface area contributed by atoms with Crippen LogP contribution in [0.3, 0.4) is 0 Å². The largest absolute Gasteiger partial charge is 0.308 e. The van der Waals surface area contributed by atoms with E-state index in [0.29, 0.717) is 18.3 Å². The summed E-state index contributed by atoms with van der Waals surface area (Å²) in [5, 5.41) is -0.0120. The molecule has 10 nitrogen and oxygen atoms in total. The van der Waals surface area contributed by atoms with Crippen LogP contribution in [0.5, 0.6) is 0 Å². The Morgan fingerprint density at radius 3 is 1.61 bits per heavy atom. The van der Waals surface area contributed by atoms with Crippen LogP contribution in [0.15, 0.2) is 79.4 Å². The Morgan fingerprint density at radius 2 is 1.18 bits per heavy atom. The molecule has 2 aromatic carbocycles. The van der Waals surface area contributed by atoms with E-state index >= 15 is 0 Å². The van der Waals surface area contributed by atoms with Gasteiger partial charge >= 0.3 is 20.4 Å². The van der Waals surface area contributed by atoms with Gasteiger partial charge in [0.05, 0.1) is 11.4 Å². The van der Waals surface area contributed by atoms with Gasteiger partial charge in [-0.2, -0.15) is 25.4 Å². The van der Waals surface area contributed by atoms with Crippen LogP contribution in [0, 0.1) is 0 Å². The minimum atomic E-state index is -3.60. The summed E-state index contributed by atoms with van der Waals surface area (Å²) in [7, 11) is -3.09. The highest BCUT2D eigenvalue weighted by molar-refractivity contribution is 7.87. The van der Waals surface area contributed by atoms with Crippen molar-refractivity contribution in [2.24, 2.45) is 0 Å². The first-order chi connectivity index (χ1) is 19.9. The van der Waals surface area contributed by atoms with E-state index in [2.05, 4.69) is 38.8 Å². The van der Waals surface area contributed by atoms with Crippen LogP contribution in [0.1, 0.15) is 50.7 Å². The summed E-state index contributed by atoms with van der Waals surface area (Å²) in [6.45, 7) is 10.9. The molecule has 0 saturated carbocycles. The SMILES string of the molecule is C.CN(C)S(=O)(=O)n1cc(Cc2ccccc2)nc1[Si](C)(C)C(C)(C)C.CN(C)S(=O)(=O)n1cnc(Cc2ccccc2)c1. The van der Waals surface area contributed by atoms with Gasteiger partial charge in [-0.05, 0) is 16.2 Å². The van der Waals surface area contributed by atoms with Crippen LogP contribution in [-0.2, 0) is 33.3 Å². The average molecular weight is 661 g/mol. The van der Waals surface area contributed by atoms with Crippen molar-refractivity contribution in [3.63, 3.8) is 0 Å². The van der Waals surface area contributed by atoms with E-state index in [-0.39, 0.29) is 12.5 Å². The lowest BCUT2D eigenvalue weighted by Crippen LogP contribution is -2.56. The minimum Gasteiger partial charge on any atom is -0.242 e. The molecule has 0 N–H and O–H groups in total. The molecule has 4 aromatic rings. The van der Waals surface area contributed by atoms with Crippen molar-refractivity contribution < 1.29 is 16.8 Å². The highest BCUT2D eigenvalue weighted by Crippen LogP contribution is 2.35. The molecule has 0 unspecified atom stereocenters. The van der Waals surface area contributed by atoms with Gasteiger partial charge in [-0.3, -0.25) is 0 Å². The fourth-order valence-corrected chi connectivity index (χ4v) is 8.36. The van der Waals surface area contributed by atoms with Crippen molar-refractivity contribution in [1.82, 2.24) is 26.5 Å². The van der Waals surface area contributed by atoms with Gasteiger partial charge < -0.3 is 0 Å². The fraction of sp³-hybridized carbons (Fsp3) is 0.419. The summed E-state index contributed by atoms with van der Waals surface area (Å²) in [5.41, 5.74) is 4.45. The Balaban J connectivity index is 0.000000315. The number of imidazole rings is 2. The predicted molar refractivity (Wildman–Crippen MR) is 183 cm³/mol. The average Bonchev–Trinajstić information content (AvgIpc) is 3.58. The molecule has 242 valence electrons. The lowest BCUT2D eigenvalue weighted by molar-refractivity contribution is 0.510. The molecule has 0 aliphatic heterocycles. The van der Waals surface area contributed by atoms with E-state index in [1.54, 1.807) is 26.5 Å². The van der Waals surface area contributed by atoms with Gasteiger partial charge in [0.1, 0.15) is 19.8 Å². The van der Waals surface area contributed by atoms with Gasteiger partial charge in [0.2, 0.25) is 0 Å². The number of hydrogen-bond acceptors (Lipinski definition) is 6. The monoisotopic (exact) mass is 660 g/mol. The Morgan fingerprint density at radius 1 is 0.727 bits per heavy atom. The van der Waals surface area contributed by atoms with Crippen molar-refractivity contribution in [3.05, 3.63) is 102 Å². The lowest BCUT2D eigenvalue weighted by atomic mass is 10.1. The van der Waals surface area contributed by atoms with Crippen molar-refractivity contribution in [2.75, 3.05) is 28.2 Å². The molecular weight excluding hydrogens is 613 g/mol. The summed E-state index contributed by atoms with van der Waals surface area (Å²) in [6, 6.07) is 19.8. The summed E-state index contributed by atoms with van der Waals surface area (Å²) in [4.78, 5) is 8.93. The molecule has 0 aliphatic carbocycles. The molecule has 0 aliphatic rings. The first kappa shape index (κ1) is 37.1. The van der Waals surface area contributed by atoms with Crippen LogP contribution >= 0.6 is 0 Å². The van der Waals surface area contributed by atoms with Gasteiger partial charge in [0, 0.05) is 53.4 Å². The van der Waals surface area contributed by atoms with E-state index in [4.69, 9.17) is 4.98 Å². The maximum Gasteiger partial charge on any atom is 0.308 e. The highest BCUT2D eigenvalue weighted by Gasteiger charge is 2.43. The molecule has 0 atom stereocenters. The minimum absolute atomic E-state index is 0. The van der Waals surface area contributed by atoms with Gasteiger partial charge in [0.15, 0.2) is 0 Å². The highest BCUT2D eigenvalue weighted by atomic mass is 32.2. The normalized spacial score (nSPS) is 12.5. The summed E-state index contributed by atoms with van der Waals surface area (Å²) >= 11 is 0. The molecule has 44 heavy (non-hydrogen) atoms. The third kappa shape index (κ3) is 8.54. The fourth-order valence-electron chi connectivity index (χ4n) is 3.96. The second-order valence-electron chi connectivity index (χ2n) is 12.3. The van der Waals surface area contributed by atoms with Gasteiger partial charge in [-0.1, -0.05) is 102 Å². The van der Waals surface area contributed by atoms with Crippen LogP contribution in [0.4, 0.5) is 0 Å². The zero-order chi connectivity index (χ0) is 32.2. The van der Waals surface area contributed by atoms with Crippen molar-refractivity contribution >= 4 is 33.9 Å². The number of benzene rings is 2. The quantitative estimate of drug-likeness (QED) is 0.243. The number of rotatable bonds is 9. The molecule has 0 amide bonds. The second kappa shape index (κ2) is 14.3. The molecular formula is C31H48N6O4S2Si. The van der Waals surface area contributed by atoms with E-state index < -0.39 is 28.5 Å². The van der Waals surface area contributed by atoms with Crippen LogP contribution in [0.2, 0.25) is 18.1 Å². The Labute approximate surface area is 265 Å². The third-order valence-corrected chi connectivity index (χ3v) is 16.4.